The number of benzene rings is 2. The van der Waals surface area contributed by atoms with Crippen molar-refractivity contribution >= 4 is 23.2 Å². The van der Waals surface area contributed by atoms with Crippen molar-refractivity contribution in [2.24, 2.45) is 0 Å². The summed E-state index contributed by atoms with van der Waals surface area (Å²) in [6, 6.07) is 8.51. The second-order valence-corrected chi connectivity index (χ2v) is 4.49. The van der Waals surface area contributed by atoms with Gasteiger partial charge in [0.1, 0.15) is 11.6 Å². The quantitative estimate of drug-likeness (QED) is 0.880. The molecule has 98 valence electrons. The third-order valence-electron chi connectivity index (χ3n) is 2.65. The van der Waals surface area contributed by atoms with Gasteiger partial charge in [-0.25, -0.2) is 4.39 Å². The molecule has 19 heavy (non-hydrogen) atoms. The Bertz CT molecular complexity index is 643. The molecule has 2 aromatic rings. The summed E-state index contributed by atoms with van der Waals surface area (Å²) in [5.41, 5.74) is 1.38. The molecule has 0 unspecified atom stereocenters. The molecule has 2 aromatic carbocycles. The zero-order chi connectivity index (χ0) is 14.0. The van der Waals surface area contributed by atoms with Crippen LogP contribution in [-0.2, 0) is 0 Å². The molecule has 2 rings (SSSR count). The molecule has 2 N–H and O–H groups in total. The summed E-state index contributed by atoms with van der Waals surface area (Å²) < 4.78 is 13.0. The van der Waals surface area contributed by atoms with Crippen LogP contribution in [0.3, 0.4) is 0 Å². The van der Waals surface area contributed by atoms with Crippen molar-refractivity contribution < 1.29 is 14.3 Å². The second kappa shape index (κ2) is 5.28. The molecule has 0 aliphatic heterocycles. The van der Waals surface area contributed by atoms with Gasteiger partial charge in [-0.2, -0.15) is 0 Å². The molecule has 0 aliphatic carbocycles. The molecule has 0 bridgehead atoms. The molecular weight excluding hydrogens is 269 g/mol. The Morgan fingerprint density at radius 1 is 1.26 bits per heavy atom. The number of carbonyl (C=O) groups is 1. The van der Waals surface area contributed by atoms with Crippen LogP contribution in [0, 0.1) is 12.7 Å². The number of rotatable bonds is 2. The number of hydrogen-bond donors (Lipinski definition) is 2. The third-order valence-corrected chi connectivity index (χ3v) is 2.94. The van der Waals surface area contributed by atoms with Gasteiger partial charge in [0.2, 0.25) is 0 Å². The van der Waals surface area contributed by atoms with E-state index in [4.69, 9.17) is 11.6 Å². The highest BCUT2D eigenvalue weighted by atomic mass is 35.5. The maximum Gasteiger partial charge on any atom is 0.255 e. The number of phenols is 1. The lowest BCUT2D eigenvalue weighted by Crippen LogP contribution is -2.11. The summed E-state index contributed by atoms with van der Waals surface area (Å²) in [6.07, 6.45) is 0. The van der Waals surface area contributed by atoms with Crippen molar-refractivity contribution in [1.29, 1.82) is 0 Å². The number of carbonyl (C=O) groups excluding carboxylic acids is 1. The number of aryl methyl sites for hydroxylation is 1. The molecule has 1 amide bonds. The lowest BCUT2D eigenvalue weighted by molar-refractivity contribution is 0.102. The fourth-order valence-corrected chi connectivity index (χ4v) is 1.71. The van der Waals surface area contributed by atoms with Crippen LogP contribution in [0.25, 0.3) is 0 Å². The summed E-state index contributed by atoms with van der Waals surface area (Å²) in [5, 5.41) is 12.1. The molecular formula is C14H11ClFNO2. The van der Waals surface area contributed by atoms with Crippen molar-refractivity contribution in [3.63, 3.8) is 0 Å². The number of amides is 1. The van der Waals surface area contributed by atoms with E-state index in [0.717, 1.165) is 0 Å². The predicted octanol–water partition coefficient (Wildman–Crippen LogP) is 3.75. The van der Waals surface area contributed by atoms with E-state index in [1.807, 2.05) is 0 Å². The smallest absolute Gasteiger partial charge is 0.255 e. The number of phenolic OH excluding ortho intramolecular Hbond substituents is 1. The maximum absolute atomic E-state index is 13.0. The van der Waals surface area contributed by atoms with E-state index in [-0.39, 0.29) is 10.8 Å². The van der Waals surface area contributed by atoms with Gasteiger partial charge in [-0.05, 0) is 42.8 Å². The van der Waals surface area contributed by atoms with E-state index in [2.05, 4.69) is 5.32 Å². The first-order chi connectivity index (χ1) is 8.97. The summed E-state index contributed by atoms with van der Waals surface area (Å²) >= 11 is 5.62. The van der Waals surface area contributed by atoms with Crippen molar-refractivity contribution in [1.82, 2.24) is 0 Å². The van der Waals surface area contributed by atoms with E-state index in [1.165, 1.54) is 24.3 Å². The first-order valence-electron chi connectivity index (χ1n) is 5.53. The van der Waals surface area contributed by atoms with Crippen LogP contribution in [0.15, 0.2) is 36.4 Å². The fraction of sp³-hybridized carbons (Fsp3) is 0.0714. The van der Waals surface area contributed by atoms with E-state index in [0.29, 0.717) is 16.8 Å². The largest absolute Gasteiger partial charge is 0.508 e. The Labute approximate surface area is 114 Å². The highest BCUT2D eigenvalue weighted by Gasteiger charge is 2.09. The second-order valence-electron chi connectivity index (χ2n) is 4.08. The van der Waals surface area contributed by atoms with Gasteiger partial charge < -0.3 is 10.4 Å². The van der Waals surface area contributed by atoms with Crippen LogP contribution in [0.2, 0.25) is 5.02 Å². The first-order valence-corrected chi connectivity index (χ1v) is 5.91. The summed E-state index contributed by atoms with van der Waals surface area (Å²) in [5.74, 6) is -0.907. The highest BCUT2D eigenvalue weighted by molar-refractivity contribution is 6.31. The number of nitrogens with one attached hydrogen (secondary N) is 1. The molecule has 0 fully saturated rings. The lowest BCUT2D eigenvalue weighted by atomic mass is 10.1. The van der Waals surface area contributed by atoms with E-state index >= 15 is 0 Å². The molecule has 0 aliphatic rings. The van der Waals surface area contributed by atoms with Gasteiger partial charge in [0.15, 0.2) is 0 Å². The van der Waals surface area contributed by atoms with Gasteiger partial charge in [-0.15, -0.1) is 0 Å². The Kier molecular flexibility index (Phi) is 3.71. The lowest BCUT2D eigenvalue weighted by Gasteiger charge is -2.07. The number of aromatic hydroxyl groups is 1. The van der Waals surface area contributed by atoms with Gasteiger partial charge in [-0.1, -0.05) is 17.7 Å². The average molecular weight is 280 g/mol. The normalized spacial score (nSPS) is 10.3. The molecule has 0 saturated carbocycles. The van der Waals surface area contributed by atoms with Crippen molar-refractivity contribution in [2.45, 2.75) is 6.92 Å². The van der Waals surface area contributed by atoms with Gasteiger partial charge >= 0.3 is 0 Å². The topological polar surface area (TPSA) is 49.3 Å². The van der Waals surface area contributed by atoms with E-state index in [9.17, 15) is 14.3 Å². The molecule has 0 spiro atoms. The van der Waals surface area contributed by atoms with Crippen LogP contribution in [0.5, 0.6) is 5.75 Å². The minimum atomic E-state index is -0.548. The van der Waals surface area contributed by atoms with E-state index < -0.39 is 11.7 Å². The van der Waals surface area contributed by atoms with Crippen molar-refractivity contribution in [3.8, 4) is 5.75 Å². The van der Waals surface area contributed by atoms with Gasteiger partial charge in [0.05, 0.1) is 5.02 Å². The Morgan fingerprint density at radius 2 is 2.00 bits per heavy atom. The number of halogens is 2. The number of anilines is 1. The number of hydrogen-bond acceptors (Lipinski definition) is 2. The first kappa shape index (κ1) is 13.4. The maximum atomic E-state index is 13.0. The van der Waals surface area contributed by atoms with Crippen LogP contribution in [0.4, 0.5) is 10.1 Å². The Hall–Kier alpha value is -2.07. The molecule has 0 aromatic heterocycles. The summed E-state index contributed by atoms with van der Waals surface area (Å²) in [7, 11) is 0. The molecule has 3 nitrogen and oxygen atoms in total. The summed E-state index contributed by atoms with van der Waals surface area (Å²) in [4.78, 5) is 11.9. The minimum absolute atomic E-state index is 0.0461. The monoisotopic (exact) mass is 279 g/mol. The van der Waals surface area contributed by atoms with Crippen LogP contribution >= 0.6 is 11.6 Å². The fourth-order valence-electron chi connectivity index (χ4n) is 1.53. The Morgan fingerprint density at radius 3 is 2.63 bits per heavy atom. The highest BCUT2D eigenvalue weighted by Crippen LogP contribution is 2.21. The van der Waals surface area contributed by atoms with E-state index in [1.54, 1.807) is 19.1 Å². The molecule has 0 radical (unpaired) electrons. The molecule has 0 heterocycles. The van der Waals surface area contributed by atoms with Crippen molar-refractivity contribution in [3.05, 3.63) is 58.4 Å². The van der Waals surface area contributed by atoms with Crippen LogP contribution in [-0.4, -0.2) is 11.0 Å². The van der Waals surface area contributed by atoms with Crippen molar-refractivity contribution in [2.75, 3.05) is 5.32 Å². The predicted molar refractivity (Wildman–Crippen MR) is 72.2 cm³/mol. The van der Waals surface area contributed by atoms with Gasteiger partial charge in [-0.3, -0.25) is 4.79 Å². The minimum Gasteiger partial charge on any atom is -0.508 e. The third kappa shape index (κ3) is 3.03. The average Bonchev–Trinajstić information content (AvgIpc) is 2.37. The van der Waals surface area contributed by atoms with Gasteiger partial charge in [0.25, 0.3) is 5.91 Å². The van der Waals surface area contributed by atoms with Crippen LogP contribution in [0.1, 0.15) is 15.9 Å². The zero-order valence-electron chi connectivity index (χ0n) is 10.1. The van der Waals surface area contributed by atoms with Crippen LogP contribution < -0.4 is 5.32 Å². The zero-order valence-corrected chi connectivity index (χ0v) is 10.8. The molecule has 0 atom stereocenters. The van der Waals surface area contributed by atoms with Gasteiger partial charge in [0, 0.05) is 11.3 Å². The standard InChI is InChI=1S/C14H11ClFNO2/c1-8-2-3-9(6-13(8)18)14(19)17-10-4-5-12(16)11(15)7-10/h2-7,18H,1H3,(H,17,19). The SMILES string of the molecule is Cc1ccc(C(=O)Nc2ccc(F)c(Cl)c2)cc1O. The Balaban J connectivity index is 2.20. The molecule has 5 heteroatoms. The molecule has 0 saturated heterocycles. The summed E-state index contributed by atoms with van der Waals surface area (Å²) in [6.45, 7) is 1.73.